The quantitative estimate of drug-likeness (QED) is 0.0407. The summed E-state index contributed by atoms with van der Waals surface area (Å²) >= 11 is 0. The molecule has 0 spiro atoms. The Morgan fingerprint density at radius 1 is 0.672 bits per heavy atom. The number of anilines is 1. The van der Waals surface area contributed by atoms with Gasteiger partial charge in [0.25, 0.3) is 0 Å². The van der Waals surface area contributed by atoms with Crippen LogP contribution >= 0.6 is 0 Å². The smallest absolute Gasteiger partial charge is 0.313 e. The number of hydrogen-bond acceptors (Lipinski definition) is 6. The molecule has 0 saturated heterocycles. The molecule has 0 saturated carbocycles. The molecule has 0 bridgehead atoms. The summed E-state index contributed by atoms with van der Waals surface area (Å²) in [6.07, 6.45) is 2.63. The summed E-state index contributed by atoms with van der Waals surface area (Å²) in [5.74, 6) is -14.3. The maximum Gasteiger partial charge on any atom is 0.313 e. The zero-order chi connectivity index (χ0) is 43.7. The minimum absolute atomic E-state index is 0.0121. The van der Waals surface area contributed by atoms with Crippen LogP contribution in [0, 0.1) is 35.0 Å². The third kappa shape index (κ3) is 9.67. The molecule has 0 radical (unpaired) electrons. The van der Waals surface area contributed by atoms with Crippen molar-refractivity contribution in [1.82, 2.24) is 20.2 Å². The summed E-state index contributed by atoms with van der Waals surface area (Å²) in [4.78, 5) is 58.7. The molecular formula is C46H40F5N5O5. The molecule has 0 aliphatic heterocycles. The van der Waals surface area contributed by atoms with E-state index in [0.29, 0.717) is 5.69 Å². The number of Topliss-reactive ketones (excluding diaryl/α,β-unsaturated/α-hetero) is 1. The van der Waals surface area contributed by atoms with Gasteiger partial charge in [0, 0.05) is 24.4 Å². The summed E-state index contributed by atoms with van der Waals surface area (Å²) in [7, 11) is 0. The number of nitrogens with zero attached hydrogens (tertiary/aromatic N) is 2. The zero-order valence-electron chi connectivity index (χ0n) is 32.9. The Balaban J connectivity index is 1.39. The van der Waals surface area contributed by atoms with E-state index in [4.69, 9.17) is 4.74 Å². The number of carbonyl (C=O) groups is 4. The summed E-state index contributed by atoms with van der Waals surface area (Å²) in [6, 6.07) is 30.4. The second-order valence-electron chi connectivity index (χ2n) is 14.5. The maximum atomic E-state index is 14.7. The highest BCUT2D eigenvalue weighted by Gasteiger charge is 2.40. The predicted molar refractivity (Wildman–Crippen MR) is 216 cm³/mol. The average molecular weight is 838 g/mol. The molecule has 3 N–H and O–H groups in total. The van der Waals surface area contributed by atoms with Crippen LogP contribution in [0.4, 0.5) is 27.6 Å². The maximum absolute atomic E-state index is 14.7. The SMILES string of the molecule is CC(C)CC(NC(=O)C(=O)Nc1ccccc1F)C(=O)NC(Cc1cncn1C(c1ccccc1)(c1ccccc1)c1ccccc1)C(=O)COc1c(F)c(F)cc(F)c1F. The average Bonchev–Trinajstić information content (AvgIpc) is 3.72. The first-order valence-corrected chi connectivity index (χ1v) is 19.1. The highest BCUT2D eigenvalue weighted by molar-refractivity contribution is 6.40. The standard InChI is InChI=1S/C46H40F5N5O5/c1-28(2)22-38(55-45(60)44(59)53-36-21-13-12-20-33(36)47)43(58)54-37(39(57)26-61-42-40(50)34(48)24-35(49)41(42)51)23-32-25-52-27-56(32)46(29-14-6-3-7-15-29,30-16-8-4-9-17-30)31-18-10-5-11-19-31/h3-21,24-25,27-28,37-38H,22-23,26H2,1-2H3,(H,53,59)(H,54,58)(H,55,60). The van der Waals surface area contributed by atoms with Crippen LogP contribution in [0.25, 0.3) is 0 Å². The number of imidazole rings is 1. The third-order valence-electron chi connectivity index (χ3n) is 9.86. The summed E-state index contributed by atoms with van der Waals surface area (Å²) in [5.41, 5.74) is 1.30. The molecule has 1 aromatic heterocycles. The molecule has 6 rings (SSSR count). The predicted octanol–water partition coefficient (Wildman–Crippen LogP) is 7.26. The van der Waals surface area contributed by atoms with Crippen LogP contribution in [0.2, 0.25) is 0 Å². The molecule has 314 valence electrons. The van der Waals surface area contributed by atoms with E-state index in [2.05, 4.69) is 20.9 Å². The Morgan fingerprint density at radius 2 is 1.20 bits per heavy atom. The summed E-state index contributed by atoms with van der Waals surface area (Å²) in [5, 5.41) is 7.10. The van der Waals surface area contributed by atoms with Crippen LogP contribution in [0.5, 0.6) is 5.75 Å². The van der Waals surface area contributed by atoms with Gasteiger partial charge in [-0.3, -0.25) is 19.2 Å². The lowest BCUT2D eigenvalue weighted by atomic mass is 9.76. The van der Waals surface area contributed by atoms with Crippen molar-refractivity contribution in [1.29, 1.82) is 0 Å². The molecular weight excluding hydrogens is 798 g/mol. The highest BCUT2D eigenvalue weighted by Crippen LogP contribution is 2.41. The van der Waals surface area contributed by atoms with Gasteiger partial charge in [0.1, 0.15) is 24.0 Å². The van der Waals surface area contributed by atoms with Gasteiger partial charge in [-0.15, -0.1) is 0 Å². The summed E-state index contributed by atoms with van der Waals surface area (Å²) < 4.78 is 78.7. The summed E-state index contributed by atoms with van der Waals surface area (Å²) in [6.45, 7) is 2.29. The first-order chi connectivity index (χ1) is 29.3. The number of amides is 3. The second kappa shape index (κ2) is 19.3. The lowest BCUT2D eigenvalue weighted by Gasteiger charge is -2.39. The molecule has 0 fully saturated rings. The van der Waals surface area contributed by atoms with Crippen molar-refractivity contribution in [3.05, 3.63) is 185 Å². The van der Waals surface area contributed by atoms with Crippen molar-refractivity contribution in [2.24, 2.45) is 5.92 Å². The van der Waals surface area contributed by atoms with Crippen LogP contribution in [-0.2, 0) is 31.1 Å². The van der Waals surface area contributed by atoms with Gasteiger partial charge in [-0.2, -0.15) is 8.78 Å². The number of para-hydroxylation sites is 1. The van der Waals surface area contributed by atoms with Crippen molar-refractivity contribution in [2.75, 3.05) is 11.9 Å². The topological polar surface area (TPSA) is 131 Å². The van der Waals surface area contributed by atoms with Gasteiger partial charge >= 0.3 is 11.8 Å². The lowest BCUT2D eigenvalue weighted by molar-refractivity contribution is -0.138. The van der Waals surface area contributed by atoms with Crippen molar-refractivity contribution >= 4 is 29.2 Å². The zero-order valence-corrected chi connectivity index (χ0v) is 32.9. The number of rotatable bonds is 16. The van der Waals surface area contributed by atoms with Gasteiger partial charge in [-0.1, -0.05) is 117 Å². The highest BCUT2D eigenvalue weighted by atomic mass is 19.2. The first-order valence-electron chi connectivity index (χ1n) is 19.1. The van der Waals surface area contributed by atoms with E-state index in [1.807, 2.05) is 95.6 Å². The number of halogens is 5. The van der Waals surface area contributed by atoms with E-state index >= 15 is 0 Å². The van der Waals surface area contributed by atoms with Crippen LogP contribution < -0.4 is 20.7 Å². The van der Waals surface area contributed by atoms with Crippen LogP contribution in [-0.4, -0.2) is 51.7 Å². The van der Waals surface area contributed by atoms with Crippen molar-refractivity contribution in [3.8, 4) is 5.75 Å². The largest absolute Gasteiger partial charge is 0.479 e. The number of aromatic nitrogens is 2. The van der Waals surface area contributed by atoms with Gasteiger partial charge in [0.05, 0.1) is 18.1 Å². The Bertz CT molecular complexity index is 2380. The number of carbonyl (C=O) groups excluding carboxylic acids is 4. The molecule has 5 aromatic carbocycles. The third-order valence-corrected chi connectivity index (χ3v) is 9.86. The molecule has 10 nitrogen and oxygen atoms in total. The van der Waals surface area contributed by atoms with E-state index in [1.54, 1.807) is 20.2 Å². The number of ether oxygens (including phenoxy) is 1. The van der Waals surface area contributed by atoms with E-state index in [1.165, 1.54) is 24.4 Å². The Kier molecular flexibility index (Phi) is 13.7. The molecule has 3 amide bonds. The molecule has 61 heavy (non-hydrogen) atoms. The van der Waals surface area contributed by atoms with E-state index in [9.17, 15) is 41.1 Å². The van der Waals surface area contributed by atoms with Gasteiger partial charge < -0.3 is 25.3 Å². The number of hydrogen-bond donors (Lipinski definition) is 3. The Morgan fingerprint density at radius 3 is 1.72 bits per heavy atom. The molecule has 2 unspecified atom stereocenters. The first kappa shape index (κ1) is 43.4. The molecule has 15 heteroatoms. The molecule has 6 aromatic rings. The fraction of sp³-hybridized carbons (Fsp3) is 0.196. The van der Waals surface area contributed by atoms with Crippen LogP contribution in [0.3, 0.4) is 0 Å². The van der Waals surface area contributed by atoms with Gasteiger partial charge in [-0.25, -0.2) is 18.2 Å². The molecule has 0 aliphatic carbocycles. The Hall–Kier alpha value is -7.16. The number of benzene rings is 5. The number of nitrogens with one attached hydrogen (secondary N) is 3. The fourth-order valence-corrected chi connectivity index (χ4v) is 7.05. The van der Waals surface area contributed by atoms with Gasteiger partial charge in [-0.05, 0) is 41.2 Å². The van der Waals surface area contributed by atoms with Crippen LogP contribution in [0.1, 0.15) is 42.7 Å². The lowest BCUT2D eigenvalue weighted by Crippen LogP contribution is -2.55. The fourth-order valence-electron chi connectivity index (χ4n) is 7.05. The van der Waals surface area contributed by atoms with Crippen molar-refractivity contribution in [2.45, 2.75) is 44.3 Å². The molecule has 2 atom stereocenters. The van der Waals surface area contributed by atoms with Gasteiger partial charge in [0.15, 0.2) is 23.2 Å². The normalized spacial score (nSPS) is 12.3. The minimum Gasteiger partial charge on any atom is -0.479 e. The van der Waals surface area contributed by atoms with E-state index in [0.717, 1.165) is 22.8 Å². The van der Waals surface area contributed by atoms with Crippen LogP contribution in [0.15, 0.2) is 134 Å². The number of ketones is 1. The monoisotopic (exact) mass is 837 g/mol. The van der Waals surface area contributed by atoms with Crippen molar-refractivity contribution < 1.29 is 45.9 Å². The second-order valence-corrected chi connectivity index (χ2v) is 14.5. The molecule has 1 heterocycles. The minimum atomic E-state index is -1.88. The van der Waals surface area contributed by atoms with E-state index in [-0.39, 0.29) is 30.5 Å². The van der Waals surface area contributed by atoms with E-state index < -0.39 is 82.6 Å². The van der Waals surface area contributed by atoms with Gasteiger partial charge in [0.2, 0.25) is 17.5 Å². The Labute approximate surface area is 347 Å². The van der Waals surface area contributed by atoms with Crippen molar-refractivity contribution in [3.63, 3.8) is 0 Å². The molecule has 0 aliphatic rings.